The fourth-order valence-corrected chi connectivity index (χ4v) is 4.37. The minimum absolute atomic E-state index is 0.134. The van der Waals surface area contributed by atoms with E-state index in [2.05, 4.69) is 15.3 Å². The van der Waals surface area contributed by atoms with Gasteiger partial charge >= 0.3 is 0 Å². The molecule has 0 radical (unpaired) electrons. The lowest BCUT2D eigenvalue weighted by molar-refractivity contribution is -0.121. The number of benzene rings is 1. The Bertz CT molecular complexity index is 1210. The number of pyridine rings is 2. The van der Waals surface area contributed by atoms with Crippen molar-refractivity contribution in [1.82, 2.24) is 14.9 Å². The van der Waals surface area contributed by atoms with E-state index in [0.717, 1.165) is 30.7 Å². The summed E-state index contributed by atoms with van der Waals surface area (Å²) in [4.78, 5) is 37.1. The molecule has 2 aromatic heterocycles. The molecule has 1 saturated heterocycles. The molecule has 164 valence electrons. The second kappa shape index (κ2) is 8.30. The molecule has 0 spiro atoms. The monoisotopic (exact) mass is 432 g/mol. The van der Waals surface area contributed by atoms with E-state index in [1.54, 1.807) is 17.0 Å². The molecule has 0 bridgehead atoms. The van der Waals surface area contributed by atoms with Gasteiger partial charge in [0.05, 0.1) is 17.0 Å². The van der Waals surface area contributed by atoms with Crippen LogP contribution in [0.15, 0.2) is 42.5 Å². The zero-order chi connectivity index (χ0) is 22.2. The van der Waals surface area contributed by atoms with Crippen molar-refractivity contribution in [3.8, 4) is 0 Å². The molecular formula is C25H25FN4O2. The van der Waals surface area contributed by atoms with Crippen LogP contribution in [0.3, 0.4) is 0 Å². The fourth-order valence-electron chi connectivity index (χ4n) is 4.37. The Morgan fingerprint density at radius 2 is 1.94 bits per heavy atom. The Balaban J connectivity index is 1.39. The minimum Gasteiger partial charge on any atom is -0.338 e. The average molecular weight is 432 g/mol. The van der Waals surface area contributed by atoms with Gasteiger partial charge < -0.3 is 10.2 Å². The second-order valence-corrected chi connectivity index (χ2v) is 8.77. The molecule has 3 heterocycles. The van der Waals surface area contributed by atoms with Gasteiger partial charge in [-0.1, -0.05) is 6.07 Å². The zero-order valence-electron chi connectivity index (χ0n) is 18.0. The molecule has 1 atom stereocenters. The molecule has 32 heavy (non-hydrogen) atoms. The van der Waals surface area contributed by atoms with Gasteiger partial charge in [0.25, 0.3) is 5.91 Å². The van der Waals surface area contributed by atoms with Gasteiger partial charge in [-0.3, -0.25) is 14.6 Å². The van der Waals surface area contributed by atoms with E-state index < -0.39 is 5.82 Å². The van der Waals surface area contributed by atoms with E-state index in [-0.39, 0.29) is 17.7 Å². The lowest BCUT2D eigenvalue weighted by Crippen LogP contribution is -2.44. The lowest BCUT2D eigenvalue weighted by Gasteiger charge is -2.32. The maximum absolute atomic E-state index is 14.0. The van der Waals surface area contributed by atoms with E-state index in [0.29, 0.717) is 47.7 Å². The van der Waals surface area contributed by atoms with Crippen LogP contribution in [0.4, 0.5) is 10.2 Å². The van der Waals surface area contributed by atoms with Gasteiger partial charge in [-0.2, -0.15) is 0 Å². The summed E-state index contributed by atoms with van der Waals surface area (Å²) in [6.45, 7) is 2.77. The first-order valence-corrected chi connectivity index (χ1v) is 11.1. The highest BCUT2D eigenvalue weighted by Crippen LogP contribution is 2.40. The SMILES string of the molecule is Cc1cccc(NC(=O)C2CCCN(C(=O)c3cc(C4CC4)nc4ccc(F)cc34)C2)n1. The number of amides is 2. The normalized spacial score (nSPS) is 18.6. The van der Waals surface area contributed by atoms with E-state index >= 15 is 0 Å². The molecule has 2 aliphatic rings. The molecule has 3 aromatic rings. The topological polar surface area (TPSA) is 75.2 Å². The van der Waals surface area contributed by atoms with Crippen molar-refractivity contribution in [3.63, 3.8) is 0 Å². The summed E-state index contributed by atoms with van der Waals surface area (Å²) in [5.74, 6) is -0.126. The van der Waals surface area contributed by atoms with Crippen molar-refractivity contribution in [3.05, 3.63) is 65.2 Å². The molecule has 6 nitrogen and oxygen atoms in total. The Morgan fingerprint density at radius 1 is 1.09 bits per heavy atom. The van der Waals surface area contributed by atoms with Gasteiger partial charge in [0.2, 0.25) is 5.91 Å². The summed E-state index contributed by atoms with van der Waals surface area (Å²) in [5.41, 5.74) is 2.82. The molecule has 1 aromatic carbocycles. The van der Waals surface area contributed by atoms with Crippen LogP contribution in [-0.2, 0) is 4.79 Å². The summed E-state index contributed by atoms with van der Waals surface area (Å²) in [6, 6.07) is 11.7. The van der Waals surface area contributed by atoms with Crippen LogP contribution < -0.4 is 5.32 Å². The summed E-state index contributed by atoms with van der Waals surface area (Å²) in [6.07, 6.45) is 3.57. The van der Waals surface area contributed by atoms with Crippen molar-refractivity contribution in [1.29, 1.82) is 0 Å². The van der Waals surface area contributed by atoms with Crippen molar-refractivity contribution < 1.29 is 14.0 Å². The average Bonchev–Trinajstić information content (AvgIpc) is 3.63. The number of hydrogen-bond acceptors (Lipinski definition) is 4. The molecule has 1 aliphatic heterocycles. The number of piperidine rings is 1. The van der Waals surface area contributed by atoms with Gasteiger partial charge in [0.1, 0.15) is 11.6 Å². The molecule has 1 unspecified atom stereocenters. The Kier molecular flexibility index (Phi) is 5.33. The molecule has 2 fully saturated rings. The molecule has 1 N–H and O–H groups in total. The second-order valence-electron chi connectivity index (χ2n) is 8.77. The Hall–Kier alpha value is -3.35. The van der Waals surface area contributed by atoms with Gasteiger partial charge in [-0.05, 0) is 69.0 Å². The van der Waals surface area contributed by atoms with Crippen LogP contribution >= 0.6 is 0 Å². The van der Waals surface area contributed by atoms with Crippen LogP contribution in [0.1, 0.15) is 53.3 Å². The van der Waals surface area contributed by atoms with Crippen molar-refractivity contribution in [2.45, 2.75) is 38.5 Å². The highest BCUT2D eigenvalue weighted by molar-refractivity contribution is 6.06. The quantitative estimate of drug-likeness (QED) is 0.661. The fraction of sp³-hybridized carbons (Fsp3) is 0.360. The third-order valence-corrected chi connectivity index (χ3v) is 6.24. The van der Waals surface area contributed by atoms with Crippen LogP contribution in [-0.4, -0.2) is 39.8 Å². The maximum atomic E-state index is 14.0. The van der Waals surface area contributed by atoms with Crippen molar-refractivity contribution in [2.75, 3.05) is 18.4 Å². The number of nitrogens with one attached hydrogen (secondary N) is 1. The number of anilines is 1. The smallest absolute Gasteiger partial charge is 0.254 e. The number of likely N-dealkylation sites (tertiary alicyclic amines) is 1. The standard InChI is InChI=1S/C25H25FN4O2/c1-15-4-2-6-23(27-15)29-24(31)17-5-3-11-30(14-17)25(32)20-13-22(16-7-8-16)28-21-10-9-18(26)12-19(20)21/h2,4,6,9-10,12-13,16-17H,3,5,7-8,11,14H2,1H3,(H,27,29,31). The highest BCUT2D eigenvalue weighted by atomic mass is 19.1. The Labute approximate surface area is 185 Å². The molecule has 5 rings (SSSR count). The van der Waals surface area contributed by atoms with E-state index in [4.69, 9.17) is 0 Å². The van der Waals surface area contributed by atoms with Crippen LogP contribution in [0.25, 0.3) is 10.9 Å². The van der Waals surface area contributed by atoms with Gasteiger partial charge in [-0.25, -0.2) is 9.37 Å². The number of nitrogens with zero attached hydrogens (tertiary/aromatic N) is 3. The lowest BCUT2D eigenvalue weighted by atomic mass is 9.95. The largest absolute Gasteiger partial charge is 0.338 e. The number of hydrogen-bond donors (Lipinski definition) is 1. The zero-order valence-corrected chi connectivity index (χ0v) is 18.0. The molecular weight excluding hydrogens is 407 g/mol. The first kappa shape index (κ1) is 20.5. The summed E-state index contributed by atoms with van der Waals surface area (Å²) < 4.78 is 14.0. The maximum Gasteiger partial charge on any atom is 0.254 e. The van der Waals surface area contributed by atoms with Crippen LogP contribution in [0.5, 0.6) is 0 Å². The predicted octanol–water partition coefficient (Wildman–Crippen LogP) is 4.45. The number of aromatic nitrogens is 2. The number of aryl methyl sites for hydroxylation is 1. The molecule has 2 amide bonds. The minimum atomic E-state index is -0.394. The number of carbonyl (C=O) groups is 2. The number of halogens is 1. The number of fused-ring (bicyclic) bond motifs is 1. The summed E-state index contributed by atoms with van der Waals surface area (Å²) in [7, 11) is 0. The molecule has 7 heteroatoms. The van der Waals surface area contributed by atoms with Crippen LogP contribution in [0.2, 0.25) is 0 Å². The first-order chi connectivity index (χ1) is 15.5. The highest BCUT2D eigenvalue weighted by Gasteiger charge is 2.32. The summed E-state index contributed by atoms with van der Waals surface area (Å²) >= 11 is 0. The van der Waals surface area contributed by atoms with Crippen molar-refractivity contribution in [2.24, 2.45) is 5.92 Å². The van der Waals surface area contributed by atoms with Crippen LogP contribution in [0, 0.1) is 18.7 Å². The van der Waals surface area contributed by atoms with E-state index in [9.17, 15) is 14.0 Å². The third kappa shape index (κ3) is 4.20. The predicted molar refractivity (Wildman–Crippen MR) is 120 cm³/mol. The van der Waals surface area contributed by atoms with Gasteiger partial charge in [-0.15, -0.1) is 0 Å². The third-order valence-electron chi connectivity index (χ3n) is 6.24. The van der Waals surface area contributed by atoms with E-state index in [1.165, 1.54) is 12.1 Å². The van der Waals surface area contributed by atoms with Crippen molar-refractivity contribution >= 4 is 28.5 Å². The van der Waals surface area contributed by atoms with Gasteiger partial charge in [0, 0.05) is 35.8 Å². The first-order valence-electron chi connectivity index (χ1n) is 11.1. The summed E-state index contributed by atoms with van der Waals surface area (Å²) in [5, 5.41) is 3.40. The number of rotatable bonds is 4. The molecule has 1 saturated carbocycles. The Morgan fingerprint density at radius 3 is 2.72 bits per heavy atom. The molecule has 1 aliphatic carbocycles. The number of carbonyl (C=O) groups excluding carboxylic acids is 2. The van der Waals surface area contributed by atoms with E-state index in [1.807, 2.05) is 25.1 Å². The van der Waals surface area contributed by atoms with Gasteiger partial charge in [0.15, 0.2) is 0 Å².